The normalized spacial score (nSPS) is 17.1. The first-order chi connectivity index (χ1) is 11.0. The Morgan fingerprint density at radius 3 is 2.83 bits per heavy atom. The van der Waals surface area contributed by atoms with E-state index in [1.165, 1.54) is 6.07 Å². The molecular weight excluding hydrogens is 294 g/mol. The zero-order valence-corrected chi connectivity index (χ0v) is 12.5. The first-order valence-corrected chi connectivity index (χ1v) is 7.41. The van der Waals surface area contributed by atoms with Crippen LogP contribution in [0.4, 0.5) is 5.69 Å². The number of fused-ring (bicyclic) bond motifs is 2. The molecule has 6 heteroatoms. The Bertz CT molecular complexity index is 965. The van der Waals surface area contributed by atoms with E-state index in [0.717, 1.165) is 39.7 Å². The van der Waals surface area contributed by atoms with Crippen molar-refractivity contribution in [2.45, 2.75) is 13.3 Å². The van der Waals surface area contributed by atoms with Crippen molar-refractivity contribution in [3.63, 3.8) is 0 Å². The predicted molar refractivity (Wildman–Crippen MR) is 88.2 cm³/mol. The number of nitro groups is 1. The molecule has 23 heavy (non-hydrogen) atoms. The first kappa shape index (κ1) is 13.6. The number of benzene rings is 1. The Hall–Kier alpha value is -3.02. The van der Waals surface area contributed by atoms with Gasteiger partial charge in [0.15, 0.2) is 0 Å². The number of aromatic nitrogens is 2. The molecule has 2 heterocycles. The van der Waals surface area contributed by atoms with Crippen LogP contribution in [0.3, 0.4) is 0 Å². The van der Waals surface area contributed by atoms with E-state index in [4.69, 9.17) is 0 Å². The van der Waals surface area contributed by atoms with Crippen molar-refractivity contribution < 1.29 is 10.0 Å². The highest BCUT2D eigenvalue weighted by Crippen LogP contribution is 2.38. The smallest absolute Gasteiger partial charge is 0.270 e. The fraction of sp³-hybridized carbons (Fsp3) is 0.176. The summed E-state index contributed by atoms with van der Waals surface area (Å²) in [6, 6.07) is 4.78. The molecule has 0 fully saturated rings. The second kappa shape index (κ2) is 4.74. The number of nitro benzene ring substituents is 1. The maximum absolute atomic E-state index is 11.0. The van der Waals surface area contributed by atoms with Gasteiger partial charge in [0.25, 0.3) is 5.69 Å². The monoisotopic (exact) mass is 309 g/mol. The van der Waals surface area contributed by atoms with Gasteiger partial charge in [-0.25, -0.2) is 0 Å². The molecule has 1 aromatic carbocycles. The van der Waals surface area contributed by atoms with Crippen molar-refractivity contribution in [1.82, 2.24) is 9.97 Å². The van der Waals surface area contributed by atoms with Gasteiger partial charge < -0.3 is 15.1 Å². The number of H-pyrrole nitrogens is 2. The molecule has 1 atom stereocenters. The van der Waals surface area contributed by atoms with Crippen LogP contribution < -0.4 is 0 Å². The number of non-ortho nitro benzene ring substituents is 1. The fourth-order valence-corrected chi connectivity index (χ4v) is 3.18. The molecule has 0 amide bonds. The largest absolute Gasteiger partial charge is 0.512 e. The van der Waals surface area contributed by atoms with Crippen LogP contribution >= 0.6 is 0 Å². The predicted octanol–water partition coefficient (Wildman–Crippen LogP) is 4.16. The Kier molecular flexibility index (Phi) is 2.81. The second-order valence-electron chi connectivity index (χ2n) is 5.96. The van der Waals surface area contributed by atoms with Crippen molar-refractivity contribution >= 4 is 22.7 Å². The summed E-state index contributed by atoms with van der Waals surface area (Å²) in [6.07, 6.45) is 6.28. The number of rotatable bonds is 2. The number of nitrogens with one attached hydrogen (secondary N) is 2. The quantitative estimate of drug-likeness (QED) is 0.490. The number of allylic oxidation sites excluding steroid dienone is 1. The highest BCUT2D eigenvalue weighted by Gasteiger charge is 2.23. The zero-order chi connectivity index (χ0) is 16.1. The third-order valence-corrected chi connectivity index (χ3v) is 4.48. The summed E-state index contributed by atoms with van der Waals surface area (Å²) >= 11 is 0. The van der Waals surface area contributed by atoms with E-state index in [9.17, 15) is 15.2 Å². The van der Waals surface area contributed by atoms with Gasteiger partial charge in [0.2, 0.25) is 0 Å². The van der Waals surface area contributed by atoms with E-state index in [2.05, 4.69) is 9.97 Å². The lowest BCUT2D eigenvalue weighted by molar-refractivity contribution is -0.384. The molecule has 6 nitrogen and oxygen atoms in total. The molecule has 1 aliphatic carbocycles. The number of hydrogen-bond acceptors (Lipinski definition) is 3. The highest BCUT2D eigenvalue weighted by atomic mass is 16.6. The maximum Gasteiger partial charge on any atom is 0.270 e. The van der Waals surface area contributed by atoms with Crippen LogP contribution in [0.1, 0.15) is 18.2 Å². The van der Waals surface area contributed by atoms with Crippen LogP contribution in [0, 0.1) is 16.0 Å². The number of hydrogen-bond donors (Lipinski definition) is 3. The summed E-state index contributed by atoms with van der Waals surface area (Å²) in [5, 5.41) is 21.9. The SMILES string of the molecule is CC1Cc2[nH]cc(-c3c[nH]c4ccc([N+](=O)[O-])cc34)c2C=C1O. The first-order valence-electron chi connectivity index (χ1n) is 7.41. The summed E-state index contributed by atoms with van der Waals surface area (Å²) in [4.78, 5) is 17.0. The van der Waals surface area contributed by atoms with E-state index in [0.29, 0.717) is 5.76 Å². The van der Waals surface area contributed by atoms with Gasteiger partial charge in [-0.2, -0.15) is 0 Å². The van der Waals surface area contributed by atoms with Crippen LogP contribution in [-0.2, 0) is 6.42 Å². The molecule has 116 valence electrons. The molecule has 2 aromatic heterocycles. The van der Waals surface area contributed by atoms with Crippen LogP contribution in [0.5, 0.6) is 0 Å². The molecule has 0 spiro atoms. The summed E-state index contributed by atoms with van der Waals surface area (Å²) in [5.74, 6) is 0.460. The zero-order valence-electron chi connectivity index (χ0n) is 12.5. The molecule has 0 radical (unpaired) electrons. The summed E-state index contributed by atoms with van der Waals surface area (Å²) in [7, 11) is 0. The molecule has 1 unspecified atom stereocenters. The number of nitrogens with zero attached hydrogens (tertiary/aromatic N) is 1. The Balaban J connectivity index is 1.92. The maximum atomic E-state index is 11.0. The standard InChI is InChI=1S/C17H15N3O3/c1-9-4-16-12(6-17(9)21)14(8-19-16)13-7-18-15-3-2-10(20(22)23)5-11(13)15/h2-3,5-9,18-19,21H,4H2,1H3. The Labute approximate surface area is 131 Å². The number of aliphatic hydroxyl groups is 1. The molecular formula is C17H15N3O3. The minimum atomic E-state index is -0.393. The Morgan fingerprint density at radius 2 is 2.04 bits per heavy atom. The van der Waals surface area contributed by atoms with Gasteiger partial charge in [0, 0.05) is 63.7 Å². The lowest BCUT2D eigenvalue weighted by atomic mass is 9.91. The van der Waals surface area contributed by atoms with E-state index in [-0.39, 0.29) is 11.6 Å². The third-order valence-electron chi connectivity index (χ3n) is 4.48. The van der Waals surface area contributed by atoms with Crippen molar-refractivity contribution in [3.8, 4) is 11.1 Å². The number of aliphatic hydroxyl groups excluding tert-OH is 1. The molecule has 4 rings (SSSR count). The topological polar surface area (TPSA) is 95.0 Å². The number of aromatic amines is 2. The van der Waals surface area contributed by atoms with Gasteiger partial charge in [-0.05, 0) is 18.6 Å². The highest BCUT2D eigenvalue weighted by molar-refractivity contribution is 5.99. The average Bonchev–Trinajstić information content (AvgIpc) is 3.10. The van der Waals surface area contributed by atoms with Crippen LogP contribution in [0.25, 0.3) is 28.1 Å². The Morgan fingerprint density at radius 1 is 1.26 bits per heavy atom. The van der Waals surface area contributed by atoms with Crippen molar-refractivity contribution in [1.29, 1.82) is 0 Å². The van der Waals surface area contributed by atoms with Crippen molar-refractivity contribution in [3.05, 3.63) is 57.7 Å². The van der Waals surface area contributed by atoms with Crippen molar-refractivity contribution in [2.24, 2.45) is 5.92 Å². The molecule has 0 saturated carbocycles. The minimum absolute atomic E-state index is 0.0646. The van der Waals surface area contributed by atoms with Gasteiger partial charge in [0.1, 0.15) is 0 Å². The molecule has 0 saturated heterocycles. The van der Waals surface area contributed by atoms with Crippen molar-refractivity contribution in [2.75, 3.05) is 0 Å². The van der Waals surface area contributed by atoms with Crippen LogP contribution in [0.15, 0.2) is 36.4 Å². The summed E-state index contributed by atoms with van der Waals surface area (Å²) in [5.41, 5.74) is 4.76. The van der Waals surface area contributed by atoms with E-state index in [1.807, 2.05) is 19.3 Å². The average molecular weight is 309 g/mol. The van der Waals surface area contributed by atoms with Gasteiger partial charge in [-0.3, -0.25) is 10.1 Å². The molecule has 0 aliphatic heterocycles. The van der Waals surface area contributed by atoms with Gasteiger partial charge in [0.05, 0.1) is 10.7 Å². The fourth-order valence-electron chi connectivity index (χ4n) is 3.18. The van der Waals surface area contributed by atoms with E-state index < -0.39 is 4.92 Å². The molecule has 0 bridgehead atoms. The lowest BCUT2D eigenvalue weighted by Crippen LogP contribution is -2.09. The van der Waals surface area contributed by atoms with E-state index >= 15 is 0 Å². The molecule has 3 N–H and O–H groups in total. The molecule has 3 aromatic rings. The second-order valence-corrected chi connectivity index (χ2v) is 5.96. The van der Waals surface area contributed by atoms with Gasteiger partial charge >= 0.3 is 0 Å². The van der Waals surface area contributed by atoms with Gasteiger partial charge in [-0.15, -0.1) is 0 Å². The van der Waals surface area contributed by atoms with E-state index in [1.54, 1.807) is 18.2 Å². The van der Waals surface area contributed by atoms with Crippen LogP contribution in [-0.4, -0.2) is 20.0 Å². The van der Waals surface area contributed by atoms with Crippen LogP contribution in [0.2, 0.25) is 0 Å². The summed E-state index contributed by atoms with van der Waals surface area (Å²) in [6.45, 7) is 1.98. The third kappa shape index (κ3) is 2.03. The summed E-state index contributed by atoms with van der Waals surface area (Å²) < 4.78 is 0. The molecule has 1 aliphatic rings. The lowest BCUT2D eigenvalue weighted by Gasteiger charge is -2.16. The van der Waals surface area contributed by atoms with Gasteiger partial charge in [-0.1, -0.05) is 6.92 Å². The minimum Gasteiger partial charge on any atom is -0.512 e.